The second-order valence-electron chi connectivity index (χ2n) is 5.39. The van der Waals surface area contributed by atoms with Gasteiger partial charge in [0.05, 0.1) is 23.9 Å². The zero-order chi connectivity index (χ0) is 13.3. The Hall–Kier alpha value is -1.26. The van der Waals surface area contributed by atoms with Crippen LogP contribution in [0.5, 0.6) is 5.75 Å². The lowest BCUT2D eigenvalue weighted by Gasteiger charge is -2.43. The fourth-order valence-corrected chi connectivity index (χ4v) is 3.29. The summed E-state index contributed by atoms with van der Waals surface area (Å²) >= 11 is 0. The monoisotopic (exact) mass is 262 g/mol. The van der Waals surface area contributed by atoms with E-state index in [2.05, 4.69) is 24.0 Å². The average molecular weight is 262 g/mol. The van der Waals surface area contributed by atoms with E-state index < -0.39 is 0 Å². The zero-order valence-electron chi connectivity index (χ0n) is 11.5. The van der Waals surface area contributed by atoms with Crippen molar-refractivity contribution in [3.8, 4) is 5.75 Å². The minimum absolute atomic E-state index is 0.0934. The molecule has 2 atom stereocenters. The summed E-state index contributed by atoms with van der Waals surface area (Å²) in [7, 11) is 0. The van der Waals surface area contributed by atoms with Crippen LogP contribution in [-0.4, -0.2) is 37.9 Å². The number of para-hydroxylation sites is 2. The Morgan fingerprint density at radius 3 is 2.95 bits per heavy atom. The SMILES string of the molecule is CC1OCCC1(CN)N1CCCOc2ccccc21. The van der Waals surface area contributed by atoms with Crippen molar-refractivity contribution in [3.63, 3.8) is 0 Å². The maximum Gasteiger partial charge on any atom is 0.142 e. The number of ether oxygens (including phenoxy) is 2. The molecule has 0 aliphatic carbocycles. The molecule has 0 saturated carbocycles. The molecular formula is C15H22N2O2. The number of nitrogens with two attached hydrogens (primary N) is 1. The molecule has 2 heterocycles. The number of hydrogen-bond acceptors (Lipinski definition) is 4. The summed E-state index contributed by atoms with van der Waals surface area (Å²) in [5, 5.41) is 0. The average Bonchev–Trinajstić information content (AvgIpc) is 2.69. The van der Waals surface area contributed by atoms with Crippen LogP contribution in [0.25, 0.3) is 0 Å². The molecule has 2 aliphatic rings. The van der Waals surface area contributed by atoms with Crippen molar-refractivity contribution in [1.29, 1.82) is 0 Å². The van der Waals surface area contributed by atoms with Gasteiger partial charge in [-0.05, 0) is 31.9 Å². The van der Waals surface area contributed by atoms with Gasteiger partial charge in [0.25, 0.3) is 0 Å². The number of anilines is 1. The van der Waals surface area contributed by atoms with Crippen molar-refractivity contribution < 1.29 is 9.47 Å². The summed E-state index contributed by atoms with van der Waals surface area (Å²) in [6.45, 7) is 5.28. The molecule has 2 unspecified atom stereocenters. The van der Waals surface area contributed by atoms with E-state index in [-0.39, 0.29) is 11.6 Å². The molecule has 1 saturated heterocycles. The molecule has 104 valence electrons. The molecule has 0 amide bonds. The van der Waals surface area contributed by atoms with Crippen molar-refractivity contribution in [2.45, 2.75) is 31.4 Å². The lowest BCUT2D eigenvalue weighted by molar-refractivity contribution is 0.0947. The van der Waals surface area contributed by atoms with Gasteiger partial charge in [-0.25, -0.2) is 0 Å². The molecule has 3 rings (SSSR count). The Morgan fingerprint density at radius 2 is 2.21 bits per heavy atom. The van der Waals surface area contributed by atoms with Crippen LogP contribution >= 0.6 is 0 Å². The van der Waals surface area contributed by atoms with Gasteiger partial charge in [0.2, 0.25) is 0 Å². The Labute approximate surface area is 114 Å². The Balaban J connectivity index is 2.04. The molecule has 0 aromatic heterocycles. The van der Waals surface area contributed by atoms with E-state index in [9.17, 15) is 0 Å². The highest BCUT2D eigenvalue weighted by molar-refractivity contribution is 5.61. The molecular weight excluding hydrogens is 240 g/mol. The molecule has 4 nitrogen and oxygen atoms in total. The van der Waals surface area contributed by atoms with Crippen LogP contribution in [0.2, 0.25) is 0 Å². The number of benzene rings is 1. The molecule has 1 aromatic carbocycles. The van der Waals surface area contributed by atoms with Gasteiger partial charge in [0, 0.05) is 19.7 Å². The predicted octanol–water partition coefficient (Wildman–Crippen LogP) is 1.78. The maximum atomic E-state index is 6.14. The van der Waals surface area contributed by atoms with E-state index in [0.717, 1.165) is 44.0 Å². The molecule has 4 heteroatoms. The fourth-order valence-electron chi connectivity index (χ4n) is 3.29. The normalized spacial score (nSPS) is 30.6. The summed E-state index contributed by atoms with van der Waals surface area (Å²) < 4.78 is 11.6. The minimum Gasteiger partial charge on any atom is -0.491 e. The topological polar surface area (TPSA) is 47.7 Å². The quantitative estimate of drug-likeness (QED) is 0.882. The summed E-state index contributed by atoms with van der Waals surface area (Å²) in [4.78, 5) is 2.42. The first kappa shape index (κ1) is 12.8. The van der Waals surface area contributed by atoms with Crippen LogP contribution in [0, 0.1) is 0 Å². The van der Waals surface area contributed by atoms with Crippen LogP contribution in [0.1, 0.15) is 19.8 Å². The molecule has 1 aromatic rings. The number of hydrogen-bond donors (Lipinski definition) is 1. The zero-order valence-corrected chi connectivity index (χ0v) is 11.5. The van der Waals surface area contributed by atoms with Crippen LogP contribution in [0.15, 0.2) is 24.3 Å². The van der Waals surface area contributed by atoms with Gasteiger partial charge in [0.15, 0.2) is 0 Å². The van der Waals surface area contributed by atoms with Gasteiger partial charge < -0.3 is 20.1 Å². The highest BCUT2D eigenvalue weighted by Crippen LogP contribution is 2.40. The predicted molar refractivity (Wildman–Crippen MR) is 75.7 cm³/mol. The van der Waals surface area contributed by atoms with E-state index >= 15 is 0 Å². The van der Waals surface area contributed by atoms with Gasteiger partial charge in [-0.2, -0.15) is 0 Å². The van der Waals surface area contributed by atoms with Crippen molar-refractivity contribution in [2.75, 3.05) is 31.2 Å². The second-order valence-corrected chi connectivity index (χ2v) is 5.39. The summed E-state index contributed by atoms with van der Waals surface area (Å²) in [6, 6.07) is 8.25. The molecule has 19 heavy (non-hydrogen) atoms. The summed E-state index contributed by atoms with van der Waals surface area (Å²) in [5.41, 5.74) is 7.20. The number of rotatable bonds is 2. The maximum absolute atomic E-state index is 6.14. The lowest BCUT2D eigenvalue weighted by Crippen LogP contribution is -2.58. The third kappa shape index (κ3) is 1.99. The van der Waals surface area contributed by atoms with Crippen molar-refractivity contribution in [2.24, 2.45) is 5.73 Å². The molecule has 0 radical (unpaired) electrons. The fraction of sp³-hybridized carbons (Fsp3) is 0.600. The van der Waals surface area contributed by atoms with E-state index in [1.54, 1.807) is 0 Å². The molecule has 0 bridgehead atoms. The Bertz CT molecular complexity index is 452. The Kier molecular flexibility index (Phi) is 3.37. The molecule has 0 spiro atoms. The molecule has 2 aliphatic heterocycles. The van der Waals surface area contributed by atoms with Crippen LogP contribution < -0.4 is 15.4 Å². The molecule has 2 N–H and O–H groups in total. The van der Waals surface area contributed by atoms with E-state index in [4.69, 9.17) is 15.2 Å². The third-order valence-corrected chi connectivity index (χ3v) is 4.49. The molecule has 1 fully saturated rings. The number of nitrogens with zero attached hydrogens (tertiary/aromatic N) is 1. The smallest absolute Gasteiger partial charge is 0.142 e. The van der Waals surface area contributed by atoms with E-state index in [1.807, 2.05) is 12.1 Å². The van der Waals surface area contributed by atoms with Crippen molar-refractivity contribution in [3.05, 3.63) is 24.3 Å². The van der Waals surface area contributed by atoms with E-state index in [1.165, 1.54) is 0 Å². The third-order valence-electron chi connectivity index (χ3n) is 4.49. The van der Waals surface area contributed by atoms with Crippen molar-refractivity contribution in [1.82, 2.24) is 0 Å². The van der Waals surface area contributed by atoms with Crippen LogP contribution in [0.4, 0.5) is 5.69 Å². The van der Waals surface area contributed by atoms with Crippen molar-refractivity contribution >= 4 is 5.69 Å². The highest BCUT2D eigenvalue weighted by Gasteiger charge is 2.46. The first-order valence-corrected chi connectivity index (χ1v) is 7.09. The lowest BCUT2D eigenvalue weighted by atomic mass is 9.89. The minimum atomic E-state index is -0.0934. The van der Waals surface area contributed by atoms with Gasteiger partial charge in [0.1, 0.15) is 5.75 Å². The summed E-state index contributed by atoms with van der Waals surface area (Å²) in [6.07, 6.45) is 2.16. The van der Waals surface area contributed by atoms with Gasteiger partial charge in [-0.1, -0.05) is 12.1 Å². The van der Waals surface area contributed by atoms with Crippen LogP contribution in [0.3, 0.4) is 0 Å². The summed E-state index contributed by atoms with van der Waals surface area (Å²) in [5.74, 6) is 0.965. The Morgan fingerprint density at radius 1 is 1.37 bits per heavy atom. The van der Waals surface area contributed by atoms with E-state index in [0.29, 0.717) is 6.54 Å². The van der Waals surface area contributed by atoms with Crippen LogP contribution in [-0.2, 0) is 4.74 Å². The highest BCUT2D eigenvalue weighted by atomic mass is 16.5. The first-order chi connectivity index (χ1) is 9.28. The van der Waals surface area contributed by atoms with Gasteiger partial charge in [-0.3, -0.25) is 0 Å². The van der Waals surface area contributed by atoms with Gasteiger partial charge >= 0.3 is 0 Å². The standard InChI is InChI=1S/C15H22N2O2/c1-12-15(11-16,7-10-18-12)17-8-4-9-19-14-6-3-2-5-13(14)17/h2-3,5-6,12H,4,7-11,16H2,1H3. The second kappa shape index (κ2) is 5.02. The first-order valence-electron chi connectivity index (χ1n) is 7.09. The number of fused-ring (bicyclic) bond motifs is 1. The van der Waals surface area contributed by atoms with Gasteiger partial charge in [-0.15, -0.1) is 0 Å². The largest absolute Gasteiger partial charge is 0.491 e.